The van der Waals surface area contributed by atoms with Crippen molar-refractivity contribution in [1.82, 2.24) is 10.6 Å². The zero-order chi connectivity index (χ0) is 18.8. The molecule has 0 atom stereocenters. The van der Waals surface area contributed by atoms with Crippen LogP contribution >= 0.6 is 0 Å². The molecule has 0 spiro atoms. The predicted molar refractivity (Wildman–Crippen MR) is 97.5 cm³/mol. The molecule has 134 valence electrons. The Bertz CT molecular complexity index is 693. The number of benzene rings is 1. The smallest absolute Gasteiger partial charge is 0.243 e. The number of nitrogens with one attached hydrogen (secondary N) is 2. The highest BCUT2D eigenvalue weighted by atomic mass is 16.5. The number of hydrogen-bond acceptors (Lipinski definition) is 4. The Morgan fingerprint density at radius 1 is 1.28 bits per heavy atom. The van der Waals surface area contributed by atoms with Gasteiger partial charge in [0.2, 0.25) is 11.8 Å². The number of allylic oxidation sites excluding steroid dienone is 1. The number of aromatic hydroxyl groups is 1. The fraction of sp³-hybridized carbons (Fsp3) is 0.263. The Labute approximate surface area is 147 Å². The monoisotopic (exact) mass is 344 g/mol. The third-order valence-corrected chi connectivity index (χ3v) is 3.49. The van der Waals surface area contributed by atoms with Crippen molar-refractivity contribution in [3.8, 4) is 11.5 Å². The molecule has 0 aliphatic carbocycles. The topological polar surface area (TPSA) is 87.7 Å². The number of aryl methyl sites for hydroxylation is 1. The lowest BCUT2D eigenvalue weighted by Crippen LogP contribution is -2.23. The van der Waals surface area contributed by atoms with Gasteiger partial charge in [-0.3, -0.25) is 9.59 Å². The van der Waals surface area contributed by atoms with Gasteiger partial charge in [-0.05, 0) is 30.5 Å². The van der Waals surface area contributed by atoms with E-state index in [0.717, 1.165) is 17.2 Å². The highest BCUT2D eigenvalue weighted by Gasteiger charge is 2.16. The second-order valence-corrected chi connectivity index (χ2v) is 5.28. The second kappa shape index (κ2) is 9.97. The molecular formula is C19H24N2O4. The summed E-state index contributed by atoms with van der Waals surface area (Å²) in [5.41, 5.74) is 2.27. The van der Waals surface area contributed by atoms with E-state index in [-0.39, 0.29) is 30.7 Å². The van der Waals surface area contributed by atoms with E-state index in [4.69, 9.17) is 4.74 Å². The van der Waals surface area contributed by atoms with Crippen molar-refractivity contribution in [1.29, 1.82) is 0 Å². The number of carbonyl (C=O) groups is 2. The zero-order valence-corrected chi connectivity index (χ0v) is 14.6. The number of carbonyl (C=O) groups excluding carboxylic acids is 2. The molecule has 0 heterocycles. The zero-order valence-electron chi connectivity index (χ0n) is 14.6. The quantitative estimate of drug-likeness (QED) is 0.472. The molecule has 0 radical (unpaired) electrons. The lowest BCUT2D eigenvalue weighted by molar-refractivity contribution is -0.117. The van der Waals surface area contributed by atoms with Crippen LogP contribution in [-0.2, 0) is 22.6 Å². The Morgan fingerprint density at radius 3 is 2.60 bits per heavy atom. The van der Waals surface area contributed by atoms with Crippen LogP contribution in [0.4, 0.5) is 0 Å². The Kier molecular flexibility index (Phi) is 7.99. The van der Waals surface area contributed by atoms with E-state index in [1.165, 1.54) is 19.3 Å². The summed E-state index contributed by atoms with van der Waals surface area (Å²) in [6.45, 7) is 9.26. The van der Waals surface area contributed by atoms with Crippen molar-refractivity contribution in [2.45, 2.75) is 19.9 Å². The maximum Gasteiger partial charge on any atom is 0.243 e. The normalized spacial score (nSPS) is 10.3. The molecule has 0 saturated carbocycles. The van der Waals surface area contributed by atoms with Crippen LogP contribution in [0.2, 0.25) is 0 Å². The third-order valence-electron chi connectivity index (χ3n) is 3.49. The minimum atomic E-state index is -0.337. The van der Waals surface area contributed by atoms with Gasteiger partial charge in [-0.2, -0.15) is 0 Å². The number of amides is 2. The first kappa shape index (κ1) is 20.0. The molecule has 6 heteroatoms. The van der Waals surface area contributed by atoms with E-state index in [0.29, 0.717) is 17.7 Å². The van der Waals surface area contributed by atoms with Crippen LogP contribution < -0.4 is 15.4 Å². The maximum atomic E-state index is 11.9. The minimum absolute atomic E-state index is 0.0156. The molecule has 0 bridgehead atoms. The van der Waals surface area contributed by atoms with Gasteiger partial charge in [0.25, 0.3) is 0 Å². The van der Waals surface area contributed by atoms with Crippen molar-refractivity contribution < 1.29 is 19.4 Å². The Balaban J connectivity index is 2.79. The van der Waals surface area contributed by atoms with Gasteiger partial charge in [-0.15, -0.1) is 6.58 Å². The molecule has 0 aliphatic heterocycles. The molecule has 0 fully saturated rings. The summed E-state index contributed by atoms with van der Waals surface area (Å²) in [4.78, 5) is 22.8. The molecule has 1 aromatic carbocycles. The summed E-state index contributed by atoms with van der Waals surface area (Å²) >= 11 is 0. The number of methoxy groups -OCH3 is 1. The van der Waals surface area contributed by atoms with Crippen molar-refractivity contribution in [3.63, 3.8) is 0 Å². The second-order valence-electron chi connectivity index (χ2n) is 5.28. The van der Waals surface area contributed by atoms with E-state index in [1.807, 2.05) is 13.0 Å². The Morgan fingerprint density at radius 2 is 2.00 bits per heavy atom. The molecule has 1 rings (SSSR count). The summed E-state index contributed by atoms with van der Waals surface area (Å²) in [6, 6.07) is 1.91. The highest BCUT2D eigenvalue weighted by Crippen LogP contribution is 2.36. The van der Waals surface area contributed by atoms with Crippen LogP contribution in [0.25, 0.3) is 0 Å². The van der Waals surface area contributed by atoms with E-state index >= 15 is 0 Å². The third kappa shape index (κ3) is 5.84. The van der Waals surface area contributed by atoms with Crippen LogP contribution in [-0.4, -0.2) is 30.6 Å². The van der Waals surface area contributed by atoms with Crippen LogP contribution in [0.15, 0.2) is 43.5 Å². The first-order chi connectivity index (χ1) is 11.9. The average molecular weight is 344 g/mol. The first-order valence-corrected chi connectivity index (χ1v) is 7.78. The first-order valence-electron chi connectivity index (χ1n) is 7.78. The highest BCUT2D eigenvalue weighted by molar-refractivity contribution is 5.88. The molecule has 2 amide bonds. The fourth-order valence-electron chi connectivity index (χ4n) is 2.31. The van der Waals surface area contributed by atoms with Crippen molar-refractivity contribution in [3.05, 3.63) is 60.2 Å². The number of ether oxygens (including phenoxy) is 1. The molecule has 0 saturated heterocycles. The molecule has 6 nitrogen and oxygen atoms in total. The Hall–Kier alpha value is -3.02. The number of phenols is 1. The largest absolute Gasteiger partial charge is 0.504 e. The van der Waals surface area contributed by atoms with Crippen molar-refractivity contribution in [2.75, 3.05) is 13.7 Å². The summed E-state index contributed by atoms with van der Waals surface area (Å²) < 4.78 is 5.22. The van der Waals surface area contributed by atoms with Gasteiger partial charge in [0.05, 0.1) is 7.11 Å². The van der Waals surface area contributed by atoms with Gasteiger partial charge < -0.3 is 20.5 Å². The van der Waals surface area contributed by atoms with Gasteiger partial charge >= 0.3 is 0 Å². The standard InChI is InChI=1S/C19H24N2O4/c1-5-8-14-11-13(3)19(25-4)18(24)15(14)12-21-17(23)9-7-10-20-16(22)6-2/h5-7,9,11,24H,1-2,8,10,12H2,3-4H3,(H,20,22)(H,21,23)/b9-7+. The summed E-state index contributed by atoms with van der Waals surface area (Å²) in [5, 5.41) is 15.6. The van der Waals surface area contributed by atoms with Crippen LogP contribution in [0.3, 0.4) is 0 Å². The van der Waals surface area contributed by atoms with Gasteiger partial charge in [0, 0.05) is 24.7 Å². The van der Waals surface area contributed by atoms with Crippen molar-refractivity contribution in [2.24, 2.45) is 0 Å². The molecule has 0 unspecified atom stereocenters. The van der Waals surface area contributed by atoms with Gasteiger partial charge in [0.1, 0.15) is 0 Å². The SMILES string of the molecule is C=CCc1cc(C)c(OC)c(O)c1CNC(=O)/C=C/CNC(=O)C=C. The maximum absolute atomic E-state index is 11.9. The summed E-state index contributed by atoms with van der Waals surface area (Å²) in [5.74, 6) is -0.242. The van der Waals surface area contributed by atoms with Crippen LogP contribution in [0.1, 0.15) is 16.7 Å². The van der Waals surface area contributed by atoms with E-state index in [2.05, 4.69) is 23.8 Å². The fourth-order valence-corrected chi connectivity index (χ4v) is 2.31. The van der Waals surface area contributed by atoms with E-state index in [1.54, 1.807) is 6.08 Å². The number of rotatable bonds is 9. The molecular weight excluding hydrogens is 320 g/mol. The summed E-state index contributed by atoms with van der Waals surface area (Å²) in [7, 11) is 1.48. The number of phenolic OH excluding ortho intramolecular Hbond substituents is 1. The molecule has 25 heavy (non-hydrogen) atoms. The molecule has 1 aromatic rings. The molecule has 3 N–H and O–H groups in total. The van der Waals surface area contributed by atoms with Crippen LogP contribution in [0, 0.1) is 6.92 Å². The van der Waals surface area contributed by atoms with Gasteiger partial charge in [0.15, 0.2) is 11.5 Å². The van der Waals surface area contributed by atoms with Gasteiger partial charge in [-0.1, -0.05) is 24.8 Å². The number of hydrogen-bond donors (Lipinski definition) is 3. The van der Waals surface area contributed by atoms with Crippen LogP contribution in [0.5, 0.6) is 11.5 Å². The minimum Gasteiger partial charge on any atom is -0.504 e. The van der Waals surface area contributed by atoms with Gasteiger partial charge in [-0.25, -0.2) is 0 Å². The lowest BCUT2D eigenvalue weighted by atomic mass is 9.99. The average Bonchev–Trinajstić information content (AvgIpc) is 2.58. The van der Waals surface area contributed by atoms with Crippen molar-refractivity contribution >= 4 is 11.8 Å². The van der Waals surface area contributed by atoms with E-state index < -0.39 is 0 Å². The lowest BCUT2D eigenvalue weighted by Gasteiger charge is -2.16. The van der Waals surface area contributed by atoms with E-state index in [9.17, 15) is 14.7 Å². The molecule has 0 aliphatic rings. The molecule has 0 aromatic heterocycles. The summed E-state index contributed by atoms with van der Waals surface area (Å²) in [6.07, 6.45) is 6.29. The predicted octanol–water partition coefficient (Wildman–Crippen LogP) is 1.91.